The fourth-order valence-corrected chi connectivity index (χ4v) is 2.81. The first kappa shape index (κ1) is 13.5. The molecule has 1 aromatic heterocycles. The molecule has 0 spiro atoms. The normalized spacial score (nSPS) is 13.8. The van der Waals surface area contributed by atoms with E-state index >= 15 is 0 Å². The second-order valence-corrected chi connectivity index (χ2v) is 5.23. The first-order valence-electron chi connectivity index (χ1n) is 6.93. The summed E-state index contributed by atoms with van der Waals surface area (Å²) in [5.74, 6) is -0.188. The molecule has 0 amide bonds. The molecule has 0 fully saturated rings. The number of non-ortho nitro benzene ring substituents is 1. The predicted molar refractivity (Wildman–Crippen MR) is 76.9 cm³/mol. The van der Waals surface area contributed by atoms with Crippen molar-refractivity contribution in [1.29, 1.82) is 0 Å². The number of nitro benzene ring substituents is 1. The second-order valence-electron chi connectivity index (χ2n) is 5.23. The molecule has 1 aliphatic carbocycles. The number of imidazole rings is 1. The maximum Gasteiger partial charge on any atom is 0.270 e. The van der Waals surface area contributed by atoms with E-state index in [-0.39, 0.29) is 11.5 Å². The molecule has 6 nitrogen and oxygen atoms in total. The summed E-state index contributed by atoms with van der Waals surface area (Å²) in [6.45, 7) is 1.42. The van der Waals surface area contributed by atoms with Crippen LogP contribution in [-0.2, 0) is 12.8 Å². The summed E-state index contributed by atoms with van der Waals surface area (Å²) < 4.78 is 1.90. The average molecular weight is 285 g/mol. The highest BCUT2D eigenvalue weighted by Crippen LogP contribution is 2.27. The van der Waals surface area contributed by atoms with Gasteiger partial charge < -0.3 is 4.57 Å². The standard InChI is InChI=1S/C15H15N3O3/c1-10(19)12-8-11(18(20)21)6-7-14(12)17-9-16-13-4-2-3-5-15(13)17/h6-9H,2-5H2,1H3. The minimum Gasteiger partial charge on any atom is -0.302 e. The minimum absolute atomic E-state index is 0.0714. The lowest BCUT2D eigenvalue weighted by molar-refractivity contribution is -0.384. The molecule has 0 bridgehead atoms. The molecule has 21 heavy (non-hydrogen) atoms. The number of nitrogens with zero attached hydrogens (tertiary/aromatic N) is 3. The third-order valence-electron chi connectivity index (χ3n) is 3.86. The van der Waals surface area contributed by atoms with Crippen molar-refractivity contribution in [3.05, 3.63) is 51.6 Å². The zero-order chi connectivity index (χ0) is 15.0. The molecule has 0 saturated carbocycles. The lowest BCUT2D eigenvalue weighted by Crippen LogP contribution is -2.10. The number of nitro groups is 1. The Bertz CT molecular complexity index is 734. The Morgan fingerprint density at radius 2 is 2.10 bits per heavy atom. The molecule has 3 rings (SSSR count). The van der Waals surface area contributed by atoms with E-state index in [9.17, 15) is 14.9 Å². The van der Waals surface area contributed by atoms with Gasteiger partial charge in [-0.25, -0.2) is 4.98 Å². The van der Waals surface area contributed by atoms with Crippen molar-refractivity contribution in [2.45, 2.75) is 32.6 Å². The Morgan fingerprint density at radius 1 is 1.33 bits per heavy atom. The number of aromatic nitrogens is 2. The molecular formula is C15H15N3O3. The van der Waals surface area contributed by atoms with Crippen LogP contribution in [0.15, 0.2) is 24.5 Å². The summed E-state index contributed by atoms with van der Waals surface area (Å²) in [6, 6.07) is 4.40. The van der Waals surface area contributed by atoms with Gasteiger partial charge in [0.2, 0.25) is 0 Å². The van der Waals surface area contributed by atoms with Gasteiger partial charge in [0.25, 0.3) is 5.69 Å². The van der Waals surface area contributed by atoms with Crippen molar-refractivity contribution in [2.24, 2.45) is 0 Å². The Kier molecular flexibility index (Phi) is 3.29. The summed E-state index contributed by atoms with van der Waals surface area (Å²) in [7, 11) is 0. The molecule has 0 N–H and O–H groups in total. The maximum atomic E-state index is 11.8. The van der Waals surface area contributed by atoms with Gasteiger partial charge >= 0.3 is 0 Å². The largest absolute Gasteiger partial charge is 0.302 e. The Labute approximate surface area is 121 Å². The first-order chi connectivity index (χ1) is 10.1. The molecule has 1 aromatic carbocycles. The smallest absolute Gasteiger partial charge is 0.270 e. The highest BCUT2D eigenvalue weighted by Gasteiger charge is 2.20. The van der Waals surface area contributed by atoms with Crippen LogP contribution < -0.4 is 0 Å². The number of benzene rings is 1. The van der Waals surface area contributed by atoms with Gasteiger partial charge in [0.1, 0.15) is 0 Å². The highest BCUT2D eigenvalue weighted by atomic mass is 16.6. The second kappa shape index (κ2) is 5.12. The van der Waals surface area contributed by atoms with E-state index in [2.05, 4.69) is 4.98 Å². The molecule has 0 atom stereocenters. The summed E-state index contributed by atoms with van der Waals surface area (Å²) >= 11 is 0. The highest BCUT2D eigenvalue weighted by molar-refractivity contribution is 5.98. The fourth-order valence-electron chi connectivity index (χ4n) is 2.81. The Hall–Kier alpha value is -2.50. The number of carbonyl (C=O) groups is 1. The molecule has 1 aliphatic rings. The first-order valence-corrected chi connectivity index (χ1v) is 6.93. The molecular weight excluding hydrogens is 270 g/mol. The van der Waals surface area contributed by atoms with Crippen LogP contribution in [0.2, 0.25) is 0 Å². The zero-order valence-electron chi connectivity index (χ0n) is 11.7. The van der Waals surface area contributed by atoms with Crippen LogP contribution >= 0.6 is 0 Å². The average Bonchev–Trinajstić information content (AvgIpc) is 2.90. The lowest BCUT2D eigenvalue weighted by Gasteiger charge is -2.15. The summed E-state index contributed by atoms with van der Waals surface area (Å²) in [5, 5.41) is 10.9. The minimum atomic E-state index is -0.487. The number of carbonyl (C=O) groups excluding carboxylic acids is 1. The third-order valence-corrected chi connectivity index (χ3v) is 3.86. The predicted octanol–water partition coefficient (Wildman–Crippen LogP) is 2.86. The molecule has 0 saturated heterocycles. The molecule has 0 unspecified atom stereocenters. The Balaban J connectivity index is 2.16. The van der Waals surface area contributed by atoms with Gasteiger partial charge in [-0.15, -0.1) is 0 Å². The number of aryl methyl sites for hydroxylation is 1. The molecule has 0 radical (unpaired) electrons. The van der Waals surface area contributed by atoms with Crippen LogP contribution in [0, 0.1) is 10.1 Å². The van der Waals surface area contributed by atoms with E-state index in [1.165, 1.54) is 19.1 Å². The molecule has 6 heteroatoms. The Morgan fingerprint density at radius 3 is 2.81 bits per heavy atom. The number of ketones is 1. The SMILES string of the molecule is CC(=O)c1cc([N+](=O)[O-])ccc1-n1cnc2c1CCCC2. The number of hydrogen-bond donors (Lipinski definition) is 0. The van der Waals surface area contributed by atoms with Gasteiger partial charge in [-0.05, 0) is 38.7 Å². The van der Waals surface area contributed by atoms with Gasteiger partial charge in [0.15, 0.2) is 5.78 Å². The van der Waals surface area contributed by atoms with Crippen molar-refractivity contribution in [3.8, 4) is 5.69 Å². The fraction of sp³-hybridized carbons (Fsp3) is 0.333. The topological polar surface area (TPSA) is 78.0 Å². The summed E-state index contributed by atoms with van der Waals surface area (Å²) in [6.07, 6.45) is 5.81. The van der Waals surface area contributed by atoms with Crippen molar-refractivity contribution in [2.75, 3.05) is 0 Å². The number of Topliss-reactive ketones (excluding diaryl/α,β-unsaturated/α-hetero) is 1. The van der Waals surface area contributed by atoms with Gasteiger partial charge in [0.05, 0.1) is 22.6 Å². The van der Waals surface area contributed by atoms with Gasteiger partial charge in [0, 0.05) is 23.4 Å². The van der Waals surface area contributed by atoms with Crippen LogP contribution in [0.25, 0.3) is 5.69 Å². The van der Waals surface area contributed by atoms with Crippen LogP contribution in [-0.4, -0.2) is 20.3 Å². The van der Waals surface area contributed by atoms with Crippen molar-refractivity contribution >= 4 is 11.5 Å². The molecule has 0 aliphatic heterocycles. The number of rotatable bonds is 3. The van der Waals surface area contributed by atoms with Crippen molar-refractivity contribution in [1.82, 2.24) is 9.55 Å². The van der Waals surface area contributed by atoms with Gasteiger partial charge in [-0.3, -0.25) is 14.9 Å². The van der Waals surface area contributed by atoms with E-state index in [1.807, 2.05) is 4.57 Å². The summed E-state index contributed by atoms with van der Waals surface area (Å²) in [5.41, 5.74) is 3.13. The molecule has 108 valence electrons. The van der Waals surface area contributed by atoms with Crippen LogP contribution in [0.5, 0.6) is 0 Å². The monoisotopic (exact) mass is 285 g/mol. The number of fused-ring (bicyclic) bond motifs is 1. The van der Waals surface area contributed by atoms with Crippen LogP contribution in [0.3, 0.4) is 0 Å². The lowest BCUT2D eigenvalue weighted by atomic mass is 10.0. The van der Waals surface area contributed by atoms with Crippen LogP contribution in [0.1, 0.15) is 41.5 Å². The summed E-state index contributed by atoms with van der Waals surface area (Å²) in [4.78, 5) is 26.7. The van der Waals surface area contributed by atoms with E-state index in [0.29, 0.717) is 11.3 Å². The van der Waals surface area contributed by atoms with Crippen LogP contribution in [0.4, 0.5) is 5.69 Å². The van der Waals surface area contributed by atoms with E-state index in [1.54, 1.807) is 12.4 Å². The van der Waals surface area contributed by atoms with Gasteiger partial charge in [-0.1, -0.05) is 0 Å². The van der Waals surface area contributed by atoms with Gasteiger partial charge in [-0.2, -0.15) is 0 Å². The van der Waals surface area contributed by atoms with Crippen molar-refractivity contribution in [3.63, 3.8) is 0 Å². The quantitative estimate of drug-likeness (QED) is 0.493. The molecule has 1 heterocycles. The third kappa shape index (κ3) is 2.33. The number of hydrogen-bond acceptors (Lipinski definition) is 4. The van der Waals surface area contributed by atoms with Crippen molar-refractivity contribution < 1.29 is 9.72 Å². The van der Waals surface area contributed by atoms with E-state index in [4.69, 9.17) is 0 Å². The zero-order valence-corrected chi connectivity index (χ0v) is 11.7. The van der Waals surface area contributed by atoms with E-state index in [0.717, 1.165) is 37.1 Å². The van der Waals surface area contributed by atoms with E-state index < -0.39 is 4.92 Å². The maximum absolute atomic E-state index is 11.8. The molecule has 2 aromatic rings.